The number of rotatable bonds is 4. The lowest BCUT2D eigenvalue weighted by atomic mass is 9.85. The Morgan fingerprint density at radius 3 is 2.13 bits per heavy atom. The molecule has 0 unspecified atom stereocenters. The van der Waals surface area contributed by atoms with Gasteiger partial charge in [0.2, 0.25) is 0 Å². The number of hydrogen-bond donors (Lipinski definition) is 0. The van der Waals surface area contributed by atoms with Gasteiger partial charge in [0.05, 0.1) is 15.6 Å². The largest absolute Gasteiger partial charge is 0.277 e. The molecule has 0 saturated heterocycles. The Hall–Kier alpha value is -2.21. The number of nitro benzene ring substituents is 1. The number of nitro groups is 1. The molecule has 5 nitrogen and oxygen atoms in total. The van der Waals surface area contributed by atoms with Crippen LogP contribution in [0.15, 0.2) is 53.4 Å². The van der Waals surface area contributed by atoms with E-state index in [0.717, 1.165) is 0 Å². The minimum atomic E-state index is -3.64. The molecule has 0 aliphatic carbocycles. The van der Waals surface area contributed by atoms with Gasteiger partial charge in [-0.05, 0) is 17.5 Å². The van der Waals surface area contributed by atoms with E-state index in [1.54, 1.807) is 30.3 Å². The second-order valence-electron chi connectivity index (χ2n) is 6.39. The number of hydrogen-bond acceptors (Lipinski definition) is 4. The summed E-state index contributed by atoms with van der Waals surface area (Å²) in [7, 11) is -3.64. The zero-order chi connectivity index (χ0) is 17.3. The summed E-state index contributed by atoms with van der Waals surface area (Å²) < 4.78 is 25.0. The van der Waals surface area contributed by atoms with Crippen molar-refractivity contribution < 1.29 is 13.3 Å². The molecule has 0 saturated carbocycles. The standard InChI is InChI=1S/C17H19NO4S/c1-17(2,3)15-11-7-8-13(16(15)18(19)20)12-23(21,22)14-9-5-4-6-10-14/h4-11H,12H2,1-3H3. The highest BCUT2D eigenvalue weighted by atomic mass is 32.2. The smallest absolute Gasteiger partial charge is 0.258 e. The van der Waals surface area contributed by atoms with Crippen molar-refractivity contribution in [1.82, 2.24) is 0 Å². The molecule has 23 heavy (non-hydrogen) atoms. The van der Waals surface area contributed by atoms with Gasteiger partial charge in [-0.3, -0.25) is 10.1 Å². The molecule has 122 valence electrons. The van der Waals surface area contributed by atoms with Crippen LogP contribution in [0.5, 0.6) is 0 Å². The Morgan fingerprint density at radius 2 is 1.61 bits per heavy atom. The van der Waals surface area contributed by atoms with E-state index in [9.17, 15) is 18.5 Å². The second kappa shape index (κ2) is 6.12. The topological polar surface area (TPSA) is 77.3 Å². The van der Waals surface area contributed by atoms with Crippen molar-refractivity contribution in [3.05, 3.63) is 69.8 Å². The van der Waals surface area contributed by atoms with Gasteiger partial charge in [-0.15, -0.1) is 0 Å². The fourth-order valence-corrected chi connectivity index (χ4v) is 3.83. The first-order valence-electron chi connectivity index (χ1n) is 7.17. The van der Waals surface area contributed by atoms with Gasteiger partial charge in [-0.25, -0.2) is 8.42 Å². The lowest BCUT2D eigenvalue weighted by Gasteiger charge is -2.20. The minimum absolute atomic E-state index is 0.112. The molecule has 0 fully saturated rings. The van der Waals surface area contributed by atoms with Crippen LogP contribution >= 0.6 is 0 Å². The highest BCUT2D eigenvalue weighted by molar-refractivity contribution is 7.90. The average Bonchev–Trinajstić information content (AvgIpc) is 2.46. The van der Waals surface area contributed by atoms with Crippen molar-refractivity contribution in [1.29, 1.82) is 0 Å². The van der Waals surface area contributed by atoms with Crippen molar-refractivity contribution in [2.45, 2.75) is 36.8 Å². The van der Waals surface area contributed by atoms with Crippen molar-refractivity contribution >= 4 is 15.5 Å². The number of benzene rings is 2. The van der Waals surface area contributed by atoms with E-state index in [1.807, 2.05) is 20.8 Å². The van der Waals surface area contributed by atoms with Gasteiger partial charge in [-0.1, -0.05) is 57.2 Å². The molecular weight excluding hydrogens is 314 g/mol. The molecule has 0 bridgehead atoms. The van der Waals surface area contributed by atoms with Crippen molar-refractivity contribution in [3.8, 4) is 0 Å². The Kier molecular flexibility index (Phi) is 4.56. The molecule has 0 N–H and O–H groups in total. The van der Waals surface area contributed by atoms with Crippen LogP contribution in [0, 0.1) is 10.1 Å². The van der Waals surface area contributed by atoms with E-state index in [-0.39, 0.29) is 16.1 Å². The van der Waals surface area contributed by atoms with Gasteiger partial charge in [-0.2, -0.15) is 0 Å². The van der Waals surface area contributed by atoms with Gasteiger partial charge in [0, 0.05) is 11.1 Å². The lowest BCUT2D eigenvalue weighted by molar-refractivity contribution is -0.386. The van der Waals surface area contributed by atoms with E-state index in [0.29, 0.717) is 5.56 Å². The maximum atomic E-state index is 12.5. The fourth-order valence-electron chi connectivity index (χ4n) is 2.44. The van der Waals surface area contributed by atoms with E-state index in [2.05, 4.69) is 0 Å². The van der Waals surface area contributed by atoms with E-state index in [4.69, 9.17) is 0 Å². The monoisotopic (exact) mass is 333 g/mol. The van der Waals surface area contributed by atoms with Crippen LogP contribution < -0.4 is 0 Å². The van der Waals surface area contributed by atoms with Crippen LogP contribution in [0.25, 0.3) is 0 Å². The second-order valence-corrected chi connectivity index (χ2v) is 8.38. The third-order valence-corrected chi connectivity index (χ3v) is 5.24. The third kappa shape index (κ3) is 3.76. The molecular formula is C17H19NO4S. The van der Waals surface area contributed by atoms with Gasteiger partial charge in [0.1, 0.15) is 0 Å². The zero-order valence-corrected chi connectivity index (χ0v) is 14.1. The molecule has 2 aromatic carbocycles. The predicted octanol–water partition coefficient (Wildman–Crippen LogP) is 3.87. The molecule has 0 atom stereocenters. The van der Waals surface area contributed by atoms with Crippen LogP contribution in [0.1, 0.15) is 31.9 Å². The van der Waals surface area contributed by atoms with Crippen molar-refractivity contribution in [3.63, 3.8) is 0 Å². The highest BCUT2D eigenvalue weighted by Crippen LogP contribution is 2.35. The van der Waals surface area contributed by atoms with E-state index in [1.165, 1.54) is 18.2 Å². The van der Waals surface area contributed by atoms with Crippen molar-refractivity contribution in [2.24, 2.45) is 0 Å². The zero-order valence-electron chi connectivity index (χ0n) is 13.3. The molecule has 6 heteroatoms. The Labute approximate surface area is 136 Å². The van der Waals surface area contributed by atoms with Crippen LogP contribution in [0.4, 0.5) is 5.69 Å². The first kappa shape index (κ1) is 17.1. The Bertz CT molecular complexity index is 821. The van der Waals surface area contributed by atoms with E-state index >= 15 is 0 Å². The Morgan fingerprint density at radius 1 is 1.00 bits per heavy atom. The molecule has 0 spiro atoms. The molecule has 2 aromatic rings. The molecule has 0 aliphatic rings. The summed E-state index contributed by atoms with van der Waals surface area (Å²) in [6.45, 7) is 5.60. The van der Waals surface area contributed by atoms with Crippen molar-refractivity contribution in [2.75, 3.05) is 0 Å². The van der Waals surface area contributed by atoms with Gasteiger partial charge in [0.25, 0.3) is 5.69 Å². The summed E-state index contributed by atoms with van der Waals surface area (Å²) in [5.41, 5.74) is 0.184. The molecule has 0 aromatic heterocycles. The van der Waals surface area contributed by atoms with Gasteiger partial charge < -0.3 is 0 Å². The number of para-hydroxylation sites is 1. The van der Waals surface area contributed by atoms with Crippen LogP contribution in [-0.2, 0) is 21.0 Å². The van der Waals surface area contributed by atoms with E-state index < -0.39 is 25.9 Å². The fraction of sp³-hybridized carbons (Fsp3) is 0.294. The van der Waals surface area contributed by atoms with Gasteiger partial charge >= 0.3 is 0 Å². The molecule has 0 heterocycles. The SMILES string of the molecule is CC(C)(C)c1cccc(CS(=O)(=O)c2ccccc2)c1[N+](=O)[O-]. The number of nitrogens with zero attached hydrogens (tertiary/aromatic N) is 1. The summed E-state index contributed by atoms with van der Waals surface area (Å²) >= 11 is 0. The number of sulfone groups is 1. The van der Waals surface area contributed by atoms with Crippen LogP contribution in [-0.4, -0.2) is 13.3 Å². The Balaban J connectivity index is 2.55. The average molecular weight is 333 g/mol. The summed E-state index contributed by atoms with van der Waals surface area (Å²) in [4.78, 5) is 11.2. The molecule has 0 aliphatic heterocycles. The maximum absolute atomic E-state index is 12.5. The van der Waals surface area contributed by atoms with Crippen LogP contribution in [0.2, 0.25) is 0 Å². The summed E-state index contributed by atoms with van der Waals surface area (Å²) in [6, 6.07) is 12.8. The normalized spacial score (nSPS) is 12.1. The first-order valence-corrected chi connectivity index (χ1v) is 8.83. The molecule has 0 amide bonds. The summed E-state index contributed by atoms with van der Waals surface area (Å²) in [6.07, 6.45) is 0. The van der Waals surface area contributed by atoms with Gasteiger partial charge in [0.15, 0.2) is 9.84 Å². The third-order valence-electron chi connectivity index (χ3n) is 3.56. The molecule has 2 rings (SSSR count). The quantitative estimate of drug-likeness (QED) is 0.628. The summed E-state index contributed by atoms with van der Waals surface area (Å²) in [5, 5.41) is 11.5. The first-order chi connectivity index (χ1) is 10.6. The molecule has 0 radical (unpaired) electrons. The van der Waals surface area contributed by atoms with Crippen LogP contribution in [0.3, 0.4) is 0 Å². The summed E-state index contributed by atoms with van der Waals surface area (Å²) in [5.74, 6) is -0.392. The predicted molar refractivity (Wildman–Crippen MR) is 89.1 cm³/mol. The highest BCUT2D eigenvalue weighted by Gasteiger charge is 2.29. The minimum Gasteiger partial charge on any atom is -0.258 e. The lowest BCUT2D eigenvalue weighted by Crippen LogP contribution is -2.16. The maximum Gasteiger partial charge on any atom is 0.277 e.